The topological polar surface area (TPSA) is 59.1 Å². The molecule has 1 aliphatic heterocycles. The van der Waals surface area contributed by atoms with E-state index in [1.54, 1.807) is 13.8 Å². The van der Waals surface area contributed by atoms with Gasteiger partial charge in [-0.3, -0.25) is 9.80 Å². The van der Waals surface area contributed by atoms with Crippen molar-refractivity contribution in [3.8, 4) is 0 Å². The minimum atomic E-state index is -5.17. The molecule has 0 spiro atoms. The van der Waals surface area contributed by atoms with Gasteiger partial charge in [-0.15, -0.1) is 0 Å². The fourth-order valence-electron chi connectivity index (χ4n) is 4.57. The lowest BCUT2D eigenvalue weighted by molar-refractivity contribution is -0.143. The van der Waals surface area contributed by atoms with Gasteiger partial charge in [0.1, 0.15) is 0 Å². The second-order valence-corrected chi connectivity index (χ2v) is 9.69. The number of carbonyl (C=O) groups is 2. The van der Waals surface area contributed by atoms with Gasteiger partial charge >= 0.3 is 30.7 Å². The molecular formula is C26H25F9N2O4. The smallest absolute Gasteiger partial charge is 0.416 e. The maximum Gasteiger partial charge on any atom is 0.416 e. The Morgan fingerprint density at radius 3 is 1.90 bits per heavy atom. The summed E-state index contributed by atoms with van der Waals surface area (Å²) in [7, 11) is 0.897. The van der Waals surface area contributed by atoms with E-state index >= 15 is 0 Å². The van der Waals surface area contributed by atoms with Crippen LogP contribution >= 0.6 is 0 Å². The molecule has 0 unspecified atom stereocenters. The zero-order valence-electron chi connectivity index (χ0n) is 22.0. The van der Waals surface area contributed by atoms with Crippen LogP contribution in [-0.2, 0) is 34.5 Å². The van der Waals surface area contributed by atoms with E-state index in [2.05, 4.69) is 0 Å². The van der Waals surface area contributed by atoms with E-state index in [1.807, 2.05) is 0 Å². The second kappa shape index (κ2) is 11.3. The van der Waals surface area contributed by atoms with E-state index in [4.69, 9.17) is 9.47 Å². The van der Waals surface area contributed by atoms with Gasteiger partial charge in [-0.1, -0.05) is 0 Å². The first-order chi connectivity index (χ1) is 18.7. The zero-order chi connectivity index (χ0) is 31.1. The van der Waals surface area contributed by atoms with Crippen LogP contribution in [0.3, 0.4) is 0 Å². The number of alkyl halides is 9. The molecule has 2 aromatic rings. The quantitative estimate of drug-likeness (QED) is 0.332. The Balaban J connectivity index is 2.20. The van der Waals surface area contributed by atoms with Crippen molar-refractivity contribution < 1.29 is 58.6 Å². The summed E-state index contributed by atoms with van der Waals surface area (Å²) in [5, 5.41) is 0. The zero-order valence-corrected chi connectivity index (χ0v) is 22.0. The number of ether oxygens (including phenoxy) is 2. The van der Waals surface area contributed by atoms with Crippen LogP contribution in [0.25, 0.3) is 0 Å². The summed E-state index contributed by atoms with van der Waals surface area (Å²) in [6.07, 6.45) is -18.2. The average Bonchev–Trinajstić information content (AvgIpc) is 2.83. The molecule has 0 aromatic heterocycles. The Kier molecular flexibility index (Phi) is 8.80. The third-order valence-corrected chi connectivity index (χ3v) is 6.30. The monoisotopic (exact) mass is 600 g/mol. The van der Waals surface area contributed by atoms with Crippen molar-refractivity contribution in [1.29, 1.82) is 0 Å². The van der Waals surface area contributed by atoms with Gasteiger partial charge in [0.25, 0.3) is 0 Å². The number of fused-ring (bicyclic) bond motifs is 1. The molecule has 6 nitrogen and oxygen atoms in total. The van der Waals surface area contributed by atoms with E-state index in [0.717, 1.165) is 23.0 Å². The summed E-state index contributed by atoms with van der Waals surface area (Å²) >= 11 is 0. The van der Waals surface area contributed by atoms with Crippen LogP contribution in [0.5, 0.6) is 0 Å². The first-order valence-corrected chi connectivity index (χ1v) is 12.1. The number of anilines is 1. The lowest BCUT2D eigenvalue weighted by atomic mass is 9.89. The van der Waals surface area contributed by atoms with Crippen LogP contribution in [0, 0.1) is 0 Å². The molecular weight excluding hydrogens is 575 g/mol. The van der Waals surface area contributed by atoms with Crippen LogP contribution in [0.15, 0.2) is 36.4 Å². The van der Waals surface area contributed by atoms with Crippen LogP contribution in [-0.4, -0.2) is 36.3 Å². The lowest BCUT2D eigenvalue weighted by Gasteiger charge is -2.43. The molecule has 2 atom stereocenters. The molecule has 0 fully saturated rings. The lowest BCUT2D eigenvalue weighted by Crippen LogP contribution is -2.48. The minimum absolute atomic E-state index is 0.0821. The number of benzene rings is 2. The first-order valence-electron chi connectivity index (χ1n) is 12.1. The van der Waals surface area contributed by atoms with E-state index < -0.39 is 77.7 Å². The third-order valence-electron chi connectivity index (χ3n) is 6.30. The number of nitrogens with zero attached hydrogens (tertiary/aromatic N) is 2. The Morgan fingerprint density at radius 2 is 1.44 bits per heavy atom. The molecule has 0 saturated heterocycles. The number of carbonyl (C=O) groups excluding carboxylic acids is 2. The fourth-order valence-corrected chi connectivity index (χ4v) is 4.57. The largest absolute Gasteiger partial charge is 0.453 e. The van der Waals surface area contributed by atoms with E-state index in [1.165, 1.54) is 6.92 Å². The Bertz CT molecular complexity index is 1260. The SMILES string of the molecule is COC(=O)N(Cc1cc(C(F)(F)F)cc(C(F)(F)F)c1)[C@H]1C[C@H](C)N(C(=O)OC(C)C)c2ccc(C(F)(F)F)cc21. The van der Waals surface area contributed by atoms with Crippen molar-refractivity contribution in [3.63, 3.8) is 0 Å². The molecule has 0 bridgehead atoms. The normalized spacial score (nSPS) is 17.8. The van der Waals surface area contributed by atoms with Crippen LogP contribution < -0.4 is 4.90 Å². The van der Waals surface area contributed by atoms with Gasteiger partial charge in [-0.25, -0.2) is 9.59 Å². The number of halogens is 9. The summed E-state index contributed by atoms with van der Waals surface area (Å²) in [5.74, 6) is 0. The van der Waals surface area contributed by atoms with Crippen molar-refractivity contribution in [3.05, 3.63) is 64.2 Å². The van der Waals surface area contributed by atoms with Crippen molar-refractivity contribution in [2.45, 2.75) is 70.5 Å². The molecule has 2 aromatic carbocycles. The summed E-state index contributed by atoms with van der Waals surface area (Å²) in [5.41, 5.74) is -5.33. The minimum Gasteiger partial charge on any atom is -0.453 e. The highest BCUT2D eigenvalue weighted by Crippen LogP contribution is 2.45. The van der Waals surface area contributed by atoms with Crippen molar-refractivity contribution in [1.82, 2.24) is 4.90 Å². The number of hydrogen-bond acceptors (Lipinski definition) is 4. The van der Waals surface area contributed by atoms with E-state index in [9.17, 15) is 49.1 Å². The number of rotatable bonds is 4. The highest BCUT2D eigenvalue weighted by atomic mass is 19.4. The molecule has 1 heterocycles. The van der Waals surface area contributed by atoms with E-state index in [-0.39, 0.29) is 23.7 Å². The van der Waals surface area contributed by atoms with Crippen molar-refractivity contribution in [2.75, 3.05) is 12.0 Å². The Labute approximate surface area is 228 Å². The van der Waals surface area contributed by atoms with Gasteiger partial charge in [-0.05, 0) is 74.7 Å². The third kappa shape index (κ3) is 7.17. The highest BCUT2D eigenvalue weighted by molar-refractivity contribution is 5.90. The number of amides is 2. The van der Waals surface area contributed by atoms with Gasteiger partial charge in [0.2, 0.25) is 0 Å². The summed E-state index contributed by atoms with van der Waals surface area (Å²) < 4.78 is 132. The number of hydrogen-bond donors (Lipinski definition) is 0. The molecule has 1 aliphatic rings. The Morgan fingerprint density at radius 1 is 0.902 bits per heavy atom. The average molecular weight is 600 g/mol. The summed E-state index contributed by atoms with van der Waals surface area (Å²) in [4.78, 5) is 27.5. The Hall–Kier alpha value is -3.65. The highest BCUT2D eigenvalue weighted by Gasteiger charge is 2.42. The first kappa shape index (κ1) is 31.9. The molecule has 2 amide bonds. The van der Waals surface area contributed by atoms with Gasteiger partial charge < -0.3 is 9.47 Å². The van der Waals surface area contributed by atoms with Crippen molar-refractivity contribution in [2.24, 2.45) is 0 Å². The van der Waals surface area contributed by atoms with Crippen LogP contribution in [0.2, 0.25) is 0 Å². The van der Waals surface area contributed by atoms with Crippen LogP contribution in [0.4, 0.5) is 54.8 Å². The maximum absolute atomic E-state index is 13.7. The molecule has 3 rings (SSSR count). The van der Waals surface area contributed by atoms with Gasteiger partial charge in [0, 0.05) is 12.6 Å². The summed E-state index contributed by atoms with van der Waals surface area (Å²) in [6, 6.07) is 0.936. The maximum atomic E-state index is 13.7. The molecule has 0 saturated carbocycles. The predicted octanol–water partition coefficient (Wildman–Crippen LogP) is 8.20. The second-order valence-electron chi connectivity index (χ2n) is 9.69. The fraction of sp³-hybridized carbons (Fsp3) is 0.462. The van der Waals surface area contributed by atoms with Gasteiger partial charge in [0.15, 0.2) is 0 Å². The van der Waals surface area contributed by atoms with Gasteiger partial charge in [-0.2, -0.15) is 39.5 Å². The molecule has 0 aliphatic carbocycles. The van der Waals surface area contributed by atoms with E-state index in [0.29, 0.717) is 24.3 Å². The molecule has 226 valence electrons. The molecule has 41 heavy (non-hydrogen) atoms. The molecule has 15 heteroatoms. The van der Waals surface area contributed by atoms with Crippen LogP contribution in [0.1, 0.15) is 61.1 Å². The standard InChI is InChI=1S/C26H25F9N2O4/c1-13(2)41-23(39)37-14(3)7-21(19-11-16(24(27,28)29)5-6-20(19)37)36(22(38)40-4)12-15-8-17(25(30,31)32)10-18(9-15)26(33,34)35/h5-6,8-11,13-14,21H,7,12H2,1-4H3/t14-,21-/m0/s1. The summed E-state index contributed by atoms with van der Waals surface area (Å²) in [6.45, 7) is 3.71. The molecule has 0 N–H and O–H groups in total. The molecule has 0 radical (unpaired) electrons. The number of methoxy groups -OCH3 is 1. The van der Waals surface area contributed by atoms with Gasteiger partial charge in [0.05, 0.1) is 41.6 Å². The van der Waals surface area contributed by atoms with Crippen molar-refractivity contribution >= 4 is 17.9 Å². The predicted molar refractivity (Wildman–Crippen MR) is 127 cm³/mol.